The van der Waals surface area contributed by atoms with Crippen LogP contribution in [0.2, 0.25) is 0 Å². The molecule has 5 nitrogen and oxygen atoms in total. The Hall–Kier alpha value is -3.42. The van der Waals surface area contributed by atoms with Crippen molar-refractivity contribution in [1.29, 1.82) is 0 Å². The smallest absolute Gasteiger partial charge is 0.416 e. The van der Waals surface area contributed by atoms with Crippen LogP contribution in [-0.2, 0) is 6.18 Å². The van der Waals surface area contributed by atoms with Crippen molar-refractivity contribution in [2.45, 2.75) is 25.9 Å². The van der Waals surface area contributed by atoms with E-state index in [0.717, 1.165) is 42.8 Å². The maximum absolute atomic E-state index is 12.8. The first-order chi connectivity index (χ1) is 15.0. The van der Waals surface area contributed by atoms with Crippen LogP contribution < -0.4 is 9.64 Å². The number of aromatic nitrogens is 2. The van der Waals surface area contributed by atoms with Crippen LogP contribution in [0.1, 0.15) is 30.9 Å². The number of anilines is 1. The van der Waals surface area contributed by atoms with E-state index in [0.29, 0.717) is 29.6 Å². The molecule has 1 aliphatic rings. The van der Waals surface area contributed by atoms with Gasteiger partial charge in [-0.3, -0.25) is 4.99 Å². The van der Waals surface area contributed by atoms with Crippen LogP contribution in [0.5, 0.6) is 11.6 Å². The van der Waals surface area contributed by atoms with E-state index in [-0.39, 0.29) is 0 Å². The number of nitrogens with zero attached hydrogens (tertiary/aromatic N) is 4. The molecule has 4 rings (SSSR count). The normalized spacial score (nSPS) is 13.2. The summed E-state index contributed by atoms with van der Waals surface area (Å²) in [6.45, 7) is 3.57. The third-order valence-corrected chi connectivity index (χ3v) is 4.98. The highest BCUT2D eigenvalue weighted by Gasteiger charge is 2.30. The summed E-state index contributed by atoms with van der Waals surface area (Å²) in [4.78, 5) is 15.0. The molecule has 0 atom stereocenters. The van der Waals surface area contributed by atoms with E-state index in [9.17, 15) is 13.2 Å². The minimum Gasteiger partial charge on any atom is -0.437 e. The standard InChI is InChI=1S/C23H21F3N4O/c1-2-3-11-30-15-27-13-17-5-4-6-20(22(17)30)31-21-12-19(28-14-29-21)16-7-9-18(10-8-16)23(24,25)26/h4-10,12-14H,2-3,11,15H2,1H3. The monoisotopic (exact) mass is 426 g/mol. The average Bonchev–Trinajstić information content (AvgIpc) is 2.77. The summed E-state index contributed by atoms with van der Waals surface area (Å²) in [6, 6.07) is 12.2. The summed E-state index contributed by atoms with van der Waals surface area (Å²) in [5.74, 6) is 0.966. The Morgan fingerprint density at radius 3 is 2.61 bits per heavy atom. The minimum absolute atomic E-state index is 0.316. The van der Waals surface area contributed by atoms with Gasteiger partial charge in [0.2, 0.25) is 5.88 Å². The van der Waals surface area contributed by atoms with Crippen LogP contribution >= 0.6 is 0 Å². The summed E-state index contributed by atoms with van der Waals surface area (Å²) in [5.41, 5.74) is 2.25. The molecular weight excluding hydrogens is 405 g/mol. The number of unbranched alkanes of at least 4 members (excludes halogenated alkanes) is 1. The van der Waals surface area contributed by atoms with E-state index in [2.05, 4.69) is 26.8 Å². The van der Waals surface area contributed by atoms with Crippen molar-refractivity contribution >= 4 is 11.9 Å². The van der Waals surface area contributed by atoms with Gasteiger partial charge in [-0.2, -0.15) is 13.2 Å². The number of rotatable bonds is 6. The molecule has 0 radical (unpaired) electrons. The maximum atomic E-state index is 12.8. The molecule has 0 bridgehead atoms. The molecule has 0 N–H and O–H groups in total. The highest BCUT2D eigenvalue weighted by atomic mass is 19.4. The van der Waals surface area contributed by atoms with Gasteiger partial charge in [0.05, 0.1) is 16.9 Å². The Kier molecular flexibility index (Phi) is 5.88. The largest absolute Gasteiger partial charge is 0.437 e. The first kappa shape index (κ1) is 20.8. The molecule has 8 heteroatoms. The molecule has 2 aromatic carbocycles. The van der Waals surface area contributed by atoms with Crippen LogP contribution in [0.4, 0.5) is 18.9 Å². The number of hydrogen-bond acceptors (Lipinski definition) is 5. The van der Waals surface area contributed by atoms with Crippen molar-refractivity contribution in [3.63, 3.8) is 0 Å². The van der Waals surface area contributed by atoms with Gasteiger partial charge in [0.15, 0.2) is 5.75 Å². The summed E-state index contributed by atoms with van der Waals surface area (Å²) in [7, 11) is 0. The van der Waals surface area contributed by atoms with Crippen LogP contribution in [0.15, 0.2) is 59.9 Å². The molecule has 0 spiro atoms. The molecule has 0 fully saturated rings. The van der Waals surface area contributed by atoms with Crippen LogP contribution in [0, 0.1) is 0 Å². The quantitative estimate of drug-likeness (QED) is 0.489. The molecule has 3 aromatic rings. The van der Waals surface area contributed by atoms with Gasteiger partial charge >= 0.3 is 6.18 Å². The van der Waals surface area contributed by atoms with Crippen molar-refractivity contribution in [2.75, 3.05) is 18.1 Å². The van der Waals surface area contributed by atoms with Crippen molar-refractivity contribution in [1.82, 2.24) is 9.97 Å². The lowest BCUT2D eigenvalue weighted by Gasteiger charge is -2.29. The van der Waals surface area contributed by atoms with Gasteiger partial charge in [-0.15, -0.1) is 0 Å². The third kappa shape index (κ3) is 4.68. The number of halogens is 3. The number of hydrogen-bond donors (Lipinski definition) is 0. The molecule has 160 valence electrons. The Bertz CT molecular complexity index is 1080. The second-order valence-corrected chi connectivity index (χ2v) is 7.18. The van der Waals surface area contributed by atoms with Crippen molar-refractivity contribution in [3.8, 4) is 22.9 Å². The number of fused-ring (bicyclic) bond motifs is 1. The third-order valence-electron chi connectivity index (χ3n) is 4.98. The second kappa shape index (κ2) is 8.75. The predicted molar refractivity (Wildman–Crippen MR) is 114 cm³/mol. The lowest BCUT2D eigenvalue weighted by molar-refractivity contribution is -0.137. The zero-order valence-corrected chi connectivity index (χ0v) is 16.9. The van der Waals surface area contributed by atoms with Gasteiger partial charge < -0.3 is 9.64 Å². The van der Waals surface area contributed by atoms with Gasteiger partial charge in [0, 0.05) is 30.0 Å². The van der Waals surface area contributed by atoms with Crippen LogP contribution in [0.25, 0.3) is 11.3 Å². The van der Waals surface area contributed by atoms with Crippen molar-refractivity contribution < 1.29 is 17.9 Å². The molecule has 2 heterocycles. The van der Waals surface area contributed by atoms with Crippen LogP contribution in [-0.4, -0.2) is 29.4 Å². The second-order valence-electron chi connectivity index (χ2n) is 7.18. The van der Waals surface area contributed by atoms with Gasteiger partial charge in [-0.05, 0) is 24.6 Å². The highest BCUT2D eigenvalue weighted by Crippen LogP contribution is 2.37. The number of alkyl halides is 3. The lowest BCUT2D eigenvalue weighted by Crippen LogP contribution is -2.28. The average molecular weight is 426 g/mol. The fraction of sp³-hybridized carbons (Fsp3) is 0.261. The van der Waals surface area contributed by atoms with Crippen molar-refractivity contribution in [3.05, 3.63) is 66.0 Å². The van der Waals surface area contributed by atoms with E-state index >= 15 is 0 Å². The number of aliphatic imine (C=N–C) groups is 1. The molecule has 0 saturated heterocycles. The van der Waals surface area contributed by atoms with E-state index in [1.807, 2.05) is 24.4 Å². The lowest BCUT2D eigenvalue weighted by atomic mass is 10.1. The first-order valence-corrected chi connectivity index (χ1v) is 10.0. The van der Waals surface area contributed by atoms with Gasteiger partial charge in [0.25, 0.3) is 0 Å². The molecular formula is C23H21F3N4O. The molecule has 1 aromatic heterocycles. The molecule has 0 unspecified atom stereocenters. The Balaban J connectivity index is 1.61. The molecule has 0 saturated carbocycles. The molecule has 0 amide bonds. The number of ether oxygens (including phenoxy) is 1. The SMILES string of the molecule is CCCCN1CN=Cc2cccc(Oc3cc(-c4ccc(C(F)(F)F)cc4)ncn3)c21. The van der Waals surface area contributed by atoms with Gasteiger partial charge in [-0.25, -0.2) is 9.97 Å². The minimum atomic E-state index is -4.38. The van der Waals surface area contributed by atoms with E-state index in [1.54, 1.807) is 6.07 Å². The zero-order valence-electron chi connectivity index (χ0n) is 16.9. The summed E-state index contributed by atoms with van der Waals surface area (Å²) in [5, 5.41) is 0. The van der Waals surface area contributed by atoms with Gasteiger partial charge in [0.1, 0.15) is 13.0 Å². The first-order valence-electron chi connectivity index (χ1n) is 10.0. The topological polar surface area (TPSA) is 50.6 Å². The van der Waals surface area contributed by atoms with Gasteiger partial charge in [-0.1, -0.05) is 37.6 Å². The number of benzene rings is 2. The zero-order chi connectivity index (χ0) is 21.8. The Morgan fingerprint density at radius 1 is 1.06 bits per heavy atom. The fourth-order valence-electron chi connectivity index (χ4n) is 3.40. The van der Waals surface area contributed by atoms with Crippen LogP contribution in [0.3, 0.4) is 0 Å². The molecule has 31 heavy (non-hydrogen) atoms. The summed E-state index contributed by atoms with van der Waals surface area (Å²) < 4.78 is 44.5. The predicted octanol–water partition coefficient (Wildman–Crippen LogP) is 5.95. The maximum Gasteiger partial charge on any atom is 0.416 e. The molecule has 0 aliphatic carbocycles. The molecule has 1 aliphatic heterocycles. The van der Waals surface area contributed by atoms with E-state index < -0.39 is 11.7 Å². The summed E-state index contributed by atoms with van der Waals surface area (Å²) >= 11 is 0. The van der Waals surface area contributed by atoms with E-state index in [1.165, 1.54) is 18.5 Å². The summed E-state index contributed by atoms with van der Waals surface area (Å²) in [6.07, 6.45) is 0.903. The van der Waals surface area contributed by atoms with E-state index in [4.69, 9.17) is 4.74 Å². The Labute approximate surface area is 178 Å². The Morgan fingerprint density at radius 2 is 1.87 bits per heavy atom. The number of para-hydroxylation sites is 1. The fourth-order valence-corrected chi connectivity index (χ4v) is 3.40. The van der Waals surface area contributed by atoms with Crippen molar-refractivity contribution in [2.24, 2.45) is 4.99 Å². The highest BCUT2D eigenvalue weighted by molar-refractivity contribution is 5.92.